The average molecular weight is 258 g/mol. The van der Waals surface area contributed by atoms with Crippen molar-refractivity contribution in [2.24, 2.45) is 11.3 Å². The minimum absolute atomic E-state index is 0.0390. The molecule has 0 aromatic heterocycles. The molecule has 0 bridgehead atoms. The van der Waals surface area contributed by atoms with Crippen LogP contribution in [0.4, 0.5) is 0 Å². The molecule has 0 radical (unpaired) electrons. The van der Waals surface area contributed by atoms with Crippen LogP contribution in [0.25, 0.3) is 0 Å². The van der Waals surface area contributed by atoms with Gasteiger partial charge in [0.15, 0.2) is 0 Å². The van der Waals surface area contributed by atoms with E-state index in [4.69, 9.17) is 4.43 Å². The maximum Gasteiger partial charge on any atom is 0.298 e. The first-order valence-electron chi connectivity index (χ1n) is 7.17. The molecule has 102 valence electrons. The van der Waals surface area contributed by atoms with E-state index in [0.29, 0.717) is 16.4 Å². The molecule has 0 amide bonds. The SMILES string of the molecule is CCCCCCC(C)C(CC)(CC)C(=O)O[SiH3]. The monoisotopic (exact) mass is 258 g/mol. The quantitative estimate of drug-likeness (QED) is 0.469. The van der Waals surface area contributed by atoms with Crippen molar-refractivity contribution >= 4 is 16.5 Å². The van der Waals surface area contributed by atoms with Crippen LogP contribution in [0.1, 0.15) is 72.6 Å². The van der Waals surface area contributed by atoms with Crippen molar-refractivity contribution in [1.29, 1.82) is 0 Å². The predicted octanol–water partition coefficient (Wildman–Crippen LogP) is 3.22. The van der Waals surface area contributed by atoms with E-state index in [1.807, 2.05) is 0 Å². The van der Waals surface area contributed by atoms with Crippen LogP contribution in [0.3, 0.4) is 0 Å². The van der Waals surface area contributed by atoms with Gasteiger partial charge in [-0.25, -0.2) is 0 Å². The number of carbonyl (C=O) groups is 1. The zero-order chi connectivity index (χ0) is 13.3. The Labute approximate surface area is 110 Å². The summed E-state index contributed by atoms with van der Waals surface area (Å²) < 4.78 is 5.15. The van der Waals surface area contributed by atoms with E-state index in [2.05, 4.69) is 27.7 Å². The summed E-state index contributed by atoms with van der Waals surface area (Å²) in [5.41, 5.74) is -0.228. The molecule has 0 aliphatic carbocycles. The van der Waals surface area contributed by atoms with Gasteiger partial charge in [-0.3, -0.25) is 4.79 Å². The topological polar surface area (TPSA) is 26.3 Å². The Balaban J connectivity index is 4.43. The lowest BCUT2D eigenvalue weighted by atomic mass is 9.70. The molecule has 0 heterocycles. The Morgan fingerprint density at radius 2 is 1.76 bits per heavy atom. The molecule has 3 heteroatoms. The molecular formula is C14H30O2Si. The molecule has 0 N–H and O–H groups in total. The number of carbonyl (C=O) groups excluding carboxylic acids is 1. The second-order valence-electron chi connectivity index (χ2n) is 5.11. The Morgan fingerprint density at radius 1 is 1.18 bits per heavy atom. The molecule has 0 aliphatic rings. The molecular weight excluding hydrogens is 228 g/mol. The predicted molar refractivity (Wildman–Crippen MR) is 77.0 cm³/mol. The van der Waals surface area contributed by atoms with Crippen molar-refractivity contribution < 1.29 is 9.22 Å². The fraction of sp³-hybridized carbons (Fsp3) is 0.929. The number of hydrogen-bond acceptors (Lipinski definition) is 2. The lowest BCUT2D eigenvalue weighted by Crippen LogP contribution is -2.37. The summed E-state index contributed by atoms with van der Waals surface area (Å²) in [7, 11) is 0.515. The normalized spacial score (nSPS) is 13.6. The van der Waals surface area contributed by atoms with Crippen LogP contribution in [0, 0.1) is 11.3 Å². The van der Waals surface area contributed by atoms with Gasteiger partial charge < -0.3 is 4.43 Å². The largest absolute Gasteiger partial charge is 0.528 e. The third kappa shape index (κ3) is 4.45. The second-order valence-corrected chi connectivity index (χ2v) is 5.51. The third-order valence-electron chi connectivity index (χ3n) is 4.29. The highest BCUT2D eigenvalue weighted by atomic mass is 28.2. The average Bonchev–Trinajstić information content (AvgIpc) is 2.36. The molecule has 1 atom stereocenters. The van der Waals surface area contributed by atoms with Crippen molar-refractivity contribution in [2.45, 2.75) is 72.6 Å². The van der Waals surface area contributed by atoms with Crippen LogP contribution in [0.2, 0.25) is 0 Å². The van der Waals surface area contributed by atoms with Crippen molar-refractivity contribution in [1.82, 2.24) is 0 Å². The summed E-state index contributed by atoms with van der Waals surface area (Å²) in [6, 6.07) is 0. The van der Waals surface area contributed by atoms with E-state index in [-0.39, 0.29) is 11.4 Å². The highest BCUT2D eigenvalue weighted by molar-refractivity contribution is 6.06. The summed E-state index contributed by atoms with van der Waals surface area (Å²) >= 11 is 0. The molecule has 0 spiro atoms. The maximum absolute atomic E-state index is 12.0. The molecule has 0 aromatic carbocycles. The maximum atomic E-state index is 12.0. The second kappa shape index (κ2) is 8.73. The van der Waals surface area contributed by atoms with Gasteiger partial charge in [0.05, 0.1) is 5.41 Å². The van der Waals surface area contributed by atoms with E-state index in [1.54, 1.807) is 0 Å². The van der Waals surface area contributed by atoms with Gasteiger partial charge in [-0.1, -0.05) is 53.4 Å². The molecule has 1 unspecified atom stereocenters. The highest BCUT2D eigenvalue weighted by Gasteiger charge is 2.40. The first-order valence-corrected chi connectivity index (χ1v) is 7.99. The Bertz CT molecular complexity index is 212. The van der Waals surface area contributed by atoms with E-state index in [1.165, 1.54) is 25.7 Å². The van der Waals surface area contributed by atoms with E-state index >= 15 is 0 Å². The Hall–Kier alpha value is -0.313. The van der Waals surface area contributed by atoms with Gasteiger partial charge in [-0.15, -0.1) is 0 Å². The van der Waals surface area contributed by atoms with Crippen LogP contribution in [-0.2, 0) is 9.22 Å². The van der Waals surface area contributed by atoms with Gasteiger partial charge in [-0.2, -0.15) is 0 Å². The van der Waals surface area contributed by atoms with Crippen molar-refractivity contribution in [3.05, 3.63) is 0 Å². The molecule has 0 aromatic rings. The number of unbranched alkanes of at least 4 members (excludes halogenated alkanes) is 3. The van der Waals surface area contributed by atoms with Gasteiger partial charge in [0, 0.05) is 0 Å². The summed E-state index contributed by atoms with van der Waals surface area (Å²) in [6.07, 6.45) is 8.07. The standard InChI is InChI=1S/C14H30O2Si/c1-5-8-9-10-11-12(4)14(6-2,7-3)13(15)16-17/h12H,5-11H2,1-4,17H3. The summed E-state index contributed by atoms with van der Waals surface area (Å²) in [5, 5.41) is 0. The van der Waals surface area contributed by atoms with Crippen molar-refractivity contribution in [2.75, 3.05) is 0 Å². The molecule has 17 heavy (non-hydrogen) atoms. The van der Waals surface area contributed by atoms with E-state index in [9.17, 15) is 4.79 Å². The van der Waals surface area contributed by atoms with Crippen LogP contribution < -0.4 is 0 Å². The third-order valence-corrected chi connectivity index (χ3v) is 4.66. The molecule has 0 saturated carbocycles. The minimum atomic E-state index is -0.228. The highest BCUT2D eigenvalue weighted by Crippen LogP contribution is 2.39. The van der Waals surface area contributed by atoms with Gasteiger partial charge in [-0.05, 0) is 25.2 Å². The van der Waals surface area contributed by atoms with Crippen LogP contribution >= 0.6 is 0 Å². The smallest absolute Gasteiger partial charge is 0.298 e. The molecule has 0 aliphatic heterocycles. The summed E-state index contributed by atoms with van der Waals surface area (Å²) in [6.45, 7) is 8.68. The first kappa shape index (κ1) is 16.7. The lowest BCUT2D eigenvalue weighted by molar-refractivity contribution is -0.149. The summed E-state index contributed by atoms with van der Waals surface area (Å²) in [5.74, 6) is 0.480. The van der Waals surface area contributed by atoms with Crippen LogP contribution in [0.15, 0.2) is 0 Å². The van der Waals surface area contributed by atoms with Crippen LogP contribution in [0.5, 0.6) is 0 Å². The first-order chi connectivity index (χ1) is 8.08. The fourth-order valence-electron chi connectivity index (χ4n) is 2.79. The van der Waals surface area contributed by atoms with E-state index in [0.717, 1.165) is 19.3 Å². The van der Waals surface area contributed by atoms with Gasteiger partial charge in [0.1, 0.15) is 0 Å². The van der Waals surface area contributed by atoms with Gasteiger partial charge >= 0.3 is 0 Å². The van der Waals surface area contributed by atoms with Gasteiger partial charge in [0.2, 0.25) is 10.5 Å². The van der Waals surface area contributed by atoms with Gasteiger partial charge in [0.25, 0.3) is 5.97 Å². The number of rotatable bonds is 9. The molecule has 0 rings (SSSR count). The Morgan fingerprint density at radius 3 is 2.18 bits per heavy atom. The molecule has 0 saturated heterocycles. The van der Waals surface area contributed by atoms with Crippen molar-refractivity contribution in [3.63, 3.8) is 0 Å². The van der Waals surface area contributed by atoms with Crippen LogP contribution in [-0.4, -0.2) is 16.5 Å². The molecule has 2 nitrogen and oxygen atoms in total. The fourth-order valence-corrected chi connectivity index (χ4v) is 3.20. The van der Waals surface area contributed by atoms with Crippen molar-refractivity contribution in [3.8, 4) is 0 Å². The zero-order valence-electron chi connectivity index (χ0n) is 12.3. The molecule has 0 fully saturated rings. The number of hydrogen-bond donors (Lipinski definition) is 0. The Kier molecular flexibility index (Phi) is 8.57. The van der Waals surface area contributed by atoms with E-state index < -0.39 is 0 Å². The lowest BCUT2D eigenvalue weighted by Gasteiger charge is -2.35. The summed E-state index contributed by atoms with van der Waals surface area (Å²) in [4.78, 5) is 12.0. The zero-order valence-corrected chi connectivity index (χ0v) is 14.3. The minimum Gasteiger partial charge on any atom is -0.528 e.